The van der Waals surface area contributed by atoms with Crippen molar-refractivity contribution in [3.63, 3.8) is 0 Å². The molecule has 0 radical (unpaired) electrons. The van der Waals surface area contributed by atoms with Gasteiger partial charge in [0.25, 0.3) is 5.91 Å². The number of aliphatic hydroxyl groups is 1. The first kappa shape index (κ1) is 20.9. The van der Waals surface area contributed by atoms with Crippen LogP contribution in [-0.4, -0.2) is 42.7 Å². The van der Waals surface area contributed by atoms with Crippen molar-refractivity contribution in [2.75, 3.05) is 12.8 Å². The van der Waals surface area contributed by atoms with Crippen LogP contribution in [-0.2, 0) is 12.1 Å². The van der Waals surface area contributed by atoms with Crippen LogP contribution in [0.25, 0.3) is 16.6 Å². The number of nitrogens with two attached hydrogens (primary N) is 1. The number of amides is 1. The second kappa shape index (κ2) is 7.75. The lowest BCUT2D eigenvalue weighted by Crippen LogP contribution is -2.25. The summed E-state index contributed by atoms with van der Waals surface area (Å²) in [5.74, 6) is 0.686. The molecule has 0 saturated heterocycles. The lowest BCUT2D eigenvalue weighted by Gasteiger charge is -2.18. The Kier molecular flexibility index (Phi) is 5.23. The van der Waals surface area contributed by atoms with E-state index in [0.717, 1.165) is 5.39 Å². The third kappa shape index (κ3) is 3.89. The maximum absolute atomic E-state index is 12.6. The Bertz CT molecular complexity index is 1310. The molecule has 0 aliphatic rings. The zero-order chi connectivity index (χ0) is 22.3. The minimum absolute atomic E-state index is 0.0623. The number of nitrogens with one attached hydrogen (secondary N) is 1. The summed E-state index contributed by atoms with van der Waals surface area (Å²) in [6.07, 6.45) is 1.47. The third-order valence-electron chi connectivity index (χ3n) is 4.72. The molecule has 0 saturated carbocycles. The fourth-order valence-electron chi connectivity index (χ4n) is 3.09. The first-order valence-corrected chi connectivity index (χ1v) is 10.1. The number of anilines is 1. The van der Waals surface area contributed by atoms with Crippen LogP contribution in [0.15, 0.2) is 34.9 Å². The first-order valence-electron chi connectivity index (χ1n) is 9.33. The van der Waals surface area contributed by atoms with E-state index in [1.54, 1.807) is 33.1 Å². The van der Waals surface area contributed by atoms with Crippen LogP contribution in [0.3, 0.4) is 0 Å². The average Bonchev–Trinajstić information content (AvgIpc) is 3.16. The summed E-state index contributed by atoms with van der Waals surface area (Å²) < 4.78 is 7.24. The molecule has 31 heavy (non-hydrogen) atoms. The van der Waals surface area contributed by atoms with Gasteiger partial charge in [0.05, 0.1) is 19.3 Å². The van der Waals surface area contributed by atoms with Gasteiger partial charge >= 0.3 is 0 Å². The molecule has 0 atom stereocenters. The van der Waals surface area contributed by atoms with Gasteiger partial charge in [0, 0.05) is 21.6 Å². The van der Waals surface area contributed by atoms with E-state index < -0.39 is 11.5 Å². The van der Waals surface area contributed by atoms with Gasteiger partial charge in [-0.1, -0.05) is 6.07 Å². The van der Waals surface area contributed by atoms with E-state index in [0.29, 0.717) is 32.8 Å². The number of aromatic nitrogens is 5. The first-order chi connectivity index (χ1) is 14.7. The monoisotopic (exact) mass is 485 g/mol. The number of ether oxygens (including phenoxy) is 1. The van der Waals surface area contributed by atoms with Crippen molar-refractivity contribution < 1.29 is 14.6 Å². The van der Waals surface area contributed by atoms with Crippen LogP contribution in [0, 0.1) is 0 Å². The maximum atomic E-state index is 12.6. The molecule has 4 N–H and O–H groups in total. The van der Waals surface area contributed by atoms with E-state index in [9.17, 15) is 9.90 Å². The Hall–Kier alpha value is -3.31. The molecule has 1 amide bonds. The van der Waals surface area contributed by atoms with Crippen molar-refractivity contribution in [3.8, 4) is 5.75 Å². The summed E-state index contributed by atoms with van der Waals surface area (Å²) in [5, 5.41) is 17.9. The van der Waals surface area contributed by atoms with Gasteiger partial charge in [0.1, 0.15) is 17.0 Å². The third-order valence-corrected chi connectivity index (χ3v) is 5.33. The second-order valence-corrected chi connectivity index (χ2v) is 8.24. The van der Waals surface area contributed by atoms with Gasteiger partial charge in [-0.15, -0.1) is 5.10 Å². The number of hydrogen-bond donors (Lipinski definition) is 3. The molecule has 0 aliphatic heterocycles. The molecule has 160 valence electrons. The summed E-state index contributed by atoms with van der Waals surface area (Å²) in [4.78, 5) is 25.6. The maximum Gasteiger partial charge on any atom is 0.271 e. The van der Waals surface area contributed by atoms with E-state index in [2.05, 4.69) is 41.3 Å². The molecular formula is C20H20BrN7O3. The minimum atomic E-state index is -1.07. The number of para-hydroxylation sites is 1. The standard InChI is InChI=1S/C20H20BrN7O3/c1-20(2,30)10-7-12(21)16(23-8-10)18(29)24-9-14-25-17-11-5-4-6-13(31-3)15(11)26-19(22)28(17)27-14/h4-8,30H,9H2,1-3H3,(H2,22,26)(H,24,29). The van der Waals surface area contributed by atoms with Crippen LogP contribution >= 0.6 is 15.9 Å². The van der Waals surface area contributed by atoms with Crippen molar-refractivity contribution in [1.29, 1.82) is 0 Å². The van der Waals surface area contributed by atoms with Crippen LogP contribution in [0.4, 0.5) is 5.95 Å². The molecule has 0 spiro atoms. The van der Waals surface area contributed by atoms with Crippen LogP contribution in [0.1, 0.15) is 35.7 Å². The number of fused-ring (bicyclic) bond motifs is 3. The SMILES string of the molecule is COc1cccc2c1nc(N)n1nc(CNC(=O)c3ncc(C(C)(C)O)cc3Br)nc21. The molecule has 3 heterocycles. The normalized spacial score (nSPS) is 11.8. The Morgan fingerprint density at radius 2 is 2.13 bits per heavy atom. The zero-order valence-corrected chi connectivity index (χ0v) is 18.6. The highest BCUT2D eigenvalue weighted by Gasteiger charge is 2.21. The fourth-order valence-corrected chi connectivity index (χ4v) is 3.62. The number of methoxy groups -OCH3 is 1. The Labute approximate surface area is 185 Å². The number of benzene rings is 1. The molecule has 1 aromatic carbocycles. The van der Waals surface area contributed by atoms with E-state index in [4.69, 9.17) is 10.5 Å². The van der Waals surface area contributed by atoms with Crippen LogP contribution < -0.4 is 15.8 Å². The lowest BCUT2D eigenvalue weighted by molar-refractivity contribution is 0.0778. The smallest absolute Gasteiger partial charge is 0.271 e. The molecule has 4 rings (SSSR count). The number of nitrogens with zero attached hydrogens (tertiary/aromatic N) is 5. The molecule has 3 aromatic heterocycles. The van der Waals surface area contributed by atoms with Crippen molar-refractivity contribution in [2.45, 2.75) is 26.0 Å². The topological polar surface area (TPSA) is 141 Å². The van der Waals surface area contributed by atoms with E-state index >= 15 is 0 Å². The van der Waals surface area contributed by atoms with Crippen LogP contribution in [0.5, 0.6) is 5.75 Å². The lowest BCUT2D eigenvalue weighted by atomic mass is 10.0. The molecule has 11 heteroatoms. The number of carbonyl (C=O) groups is 1. The van der Waals surface area contributed by atoms with E-state index in [1.165, 1.54) is 10.7 Å². The van der Waals surface area contributed by atoms with Gasteiger partial charge < -0.3 is 20.9 Å². The summed E-state index contributed by atoms with van der Waals surface area (Å²) in [6.45, 7) is 3.35. The predicted molar refractivity (Wildman–Crippen MR) is 118 cm³/mol. The molecular weight excluding hydrogens is 466 g/mol. The average molecular weight is 486 g/mol. The number of nitrogen functional groups attached to an aromatic ring is 1. The summed E-state index contributed by atoms with van der Waals surface area (Å²) >= 11 is 3.34. The Morgan fingerprint density at radius 3 is 2.81 bits per heavy atom. The van der Waals surface area contributed by atoms with Crippen molar-refractivity contribution in [3.05, 3.63) is 52.0 Å². The van der Waals surface area contributed by atoms with Gasteiger partial charge in [0.2, 0.25) is 5.95 Å². The number of carbonyl (C=O) groups excluding carboxylic acids is 1. The highest BCUT2D eigenvalue weighted by atomic mass is 79.9. The molecule has 10 nitrogen and oxygen atoms in total. The summed E-state index contributed by atoms with van der Waals surface area (Å²) in [5.41, 5.74) is 6.85. The number of halogens is 1. The number of hydrogen-bond acceptors (Lipinski definition) is 8. The van der Waals surface area contributed by atoms with Crippen LogP contribution in [0.2, 0.25) is 0 Å². The molecule has 0 unspecified atom stereocenters. The predicted octanol–water partition coefficient (Wildman–Crippen LogP) is 2.18. The quantitative estimate of drug-likeness (QED) is 0.390. The molecule has 0 bridgehead atoms. The molecule has 0 fully saturated rings. The Morgan fingerprint density at radius 1 is 1.35 bits per heavy atom. The van der Waals surface area contributed by atoms with Crippen molar-refractivity contribution in [1.82, 2.24) is 29.9 Å². The van der Waals surface area contributed by atoms with E-state index in [-0.39, 0.29) is 18.2 Å². The highest BCUT2D eigenvalue weighted by Crippen LogP contribution is 2.27. The number of rotatable bonds is 5. The van der Waals surface area contributed by atoms with Crippen molar-refractivity contribution in [2.24, 2.45) is 0 Å². The van der Waals surface area contributed by atoms with Crippen molar-refractivity contribution >= 4 is 44.3 Å². The Balaban J connectivity index is 1.60. The fraction of sp³-hybridized carbons (Fsp3) is 0.250. The number of pyridine rings is 1. The second-order valence-electron chi connectivity index (χ2n) is 7.39. The van der Waals surface area contributed by atoms with E-state index in [1.807, 2.05) is 12.1 Å². The minimum Gasteiger partial charge on any atom is -0.494 e. The summed E-state index contributed by atoms with van der Waals surface area (Å²) in [6, 6.07) is 7.13. The van der Waals surface area contributed by atoms with Gasteiger partial charge in [-0.25, -0.2) is 15.0 Å². The molecule has 4 aromatic rings. The summed E-state index contributed by atoms with van der Waals surface area (Å²) in [7, 11) is 1.56. The van der Waals surface area contributed by atoms with Gasteiger partial charge in [-0.3, -0.25) is 4.79 Å². The molecule has 0 aliphatic carbocycles. The van der Waals surface area contributed by atoms with Gasteiger partial charge in [-0.05, 0) is 48.0 Å². The largest absolute Gasteiger partial charge is 0.494 e. The highest BCUT2D eigenvalue weighted by molar-refractivity contribution is 9.10. The zero-order valence-electron chi connectivity index (χ0n) is 17.0. The van der Waals surface area contributed by atoms with Gasteiger partial charge in [-0.2, -0.15) is 4.52 Å². The van der Waals surface area contributed by atoms with Gasteiger partial charge in [0.15, 0.2) is 11.5 Å².